The highest BCUT2D eigenvalue weighted by molar-refractivity contribution is 6.01. The minimum atomic E-state index is -0.641. The number of aromatic nitrogens is 1. The van der Waals surface area contributed by atoms with E-state index in [1.165, 1.54) is 0 Å². The molecule has 1 heterocycles. The quantitative estimate of drug-likeness (QED) is 0.585. The highest BCUT2D eigenvalue weighted by Gasteiger charge is 2.11. The lowest BCUT2D eigenvalue weighted by molar-refractivity contribution is -0.121. The summed E-state index contributed by atoms with van der Waals surface area (Å²) in [5.74, 6) is -0.457. The lowest BCUT2D eigenvalue weighted by Gasteiger charge is -2.12. The molecule has 3 N–H and O–H groups in total. The minimum absolute atomic E-state index is 0.265. The Morgan fingerprint density at radius 3 is 2.13 bits per heavy atom. The van der Waals surface area contributed by atoms with Gasteiger partial charge in [0.2, 0.25) is 0 Å². The number of aryl methyl sites for hydroxylation is 2. The molecule has 8 nitrogen and oxygen atoms in total. The lowest BCUT2D eigenvalue weighted by Crippen LogP contribution is -2.37. The Labute approximate surface area is 173 Å². The van der Waals surface area contributed by atoms with Crippen molar-refractivity contribution in [3.8, 4) is 5.75 Å². The van der Waals surface area contributed by atoms with Gasteiger partial charge in [0.25, 0.3) is 11.8 Å². The molecule has 4 amide bonds. The number of ether oxygens (including phenoxy) is 1. The van der Waals surface area contributed by atoms with Crippen LogP contribution in [0, 0.1) is 13.8 Å². The summed E-state index contributed by atoms with van der Waals surface area (Å²) in [4.78, 5) is 36.0. The first-order chi connectivity index (χ1) is 14.4. The van der Waals surface area contributed by atoms with Gasteiger partial charge in [-0.1, -0.05) is 18.2 Å². The monoisotopic (exact) mass is 406 g/mol. The number of para-hydroxylation sites is 1. The Balaban J connectivity index is 1.47. The molecular weight excluding hydrogens is 384 g/mol. The van der Waals surface area contributed by atoms with Crippen LogP contribution in [0.1, 0.15) is 21.7 Å². The fourth-order valence-corrected chi connectivity index (χ4v) is 2.71. The SMILES string of the molecule is Cc1ccc(C)n1NC(=O)c1ccc(OCC(=O)NC(=O)Nc2ccccc2)cc1. The van der Waals surface area contributed by atoms with Crippen molar-refractivity contribution in [1.29, 1.82) is 0 Å². The number of rotatable bonds is 6. The number of carbonyl (C=O) groups excluding carboxylic acids is 3. The van der Waals surface area contributed by atoms with Crippen molar-refractivity contribution in [2.45, 2.75) is 13.8 Å². The molecule has 154 valence electrons. The maximum atomic E-state index is 12.4. The van der Waals surface area contributed by atoms with Crippen molar-refractivity contribution in [3.05, 3.63) is 83.7 Å². The van der Waals surface area contributed by atoms with E-state index in [4.69, 9.17) is 4.74 Å². The van der Waals surface area contributed by atoms with E-state index in [9.17, 15) is 14.4 Å². The van der Waals surface area contributed by atoms with Crippen molar-refractivity contribution in [2.75, 3.05) is 17.3 Å². The second kappa shape index (κ2) is 9.42. The predicted octanol–water partition coefficient (Wildman–Crippen LogP) is 3.22. The number of imide groups is 1. The molecule has 0 bridgehead atoms. The standard InChI is InChI=1S/C22H22N4O4/c1-15-8-9-16(2)26(15)25-21(28)17-10-12-19(13-11-17)30-14-20(27)24-22(29)23-18-6-4-3-5-7-18/h3-13H,14H2,1-2H3,(H,25,28)(H2,23,24,27,29). The van der Waals surface area contributed by atoms with Crippen molar-refractivity contribution in [1.82, 2.24) is 9.99 Å². The van der Waals surface area contributed by atoms with Crippen LogP contribution in [0.3, 0.4) is 0 Å². The molecule has 1 aromatic heterocycles. The minimum Gasteiger partial charge on any atom is -0.484 e. The first kappa shape index (κ1) is 20.7. The van der Waals surface area contributed by atoms with Gasteiger partial charge in [-0.2, -0.15) is 0 Å². The molecule has 0 spiro atoms. The van der Waals surface area contributed by atoms with Crippen LogP contribution in [0.15, 0.2) is 66.7 Å². The second-order valence-electron chi connectivity index (χ2n) is 6.57. The van der Waals surface area contributed by atoms with Crippen LogP contribution in [-0.2, 0) is 4.79 Å². The molecular formula is C22H22N4O4. The molecule has 2 aromatic carbocycles. The summed E-state index contributed by atoms with van der Waals surface area (Å²) in [7, 11) is 0. The van der Waals surface area contributed by atoms with Crippen LogP contribution in [0.25, 0.3) is 0 Å². The molecule has 0 aliphatic heterocycles. The third kappa shape index (κ3) is 5.48. The maximum absolute atomic E-state index is 12.4. The molecule has 3 rings (SSSR count). The number of amides is 4. The normalized spacial score (nSPS) is 10.2. The summed E-state index contributed by atoms with van der Waals surface area (Å²) >= 11 is 0. The zero-order chi connectivity index (χ0) is 21.5. The van der Waals surface area contributed by atoms with Crippen LogP contribution < -0.4 is 20.8 Å². The maximum Gasteiger partial charge on any atom is 0.325 e. The zero-order valence-corrected chi connectivity index (χ0v) is 16.6. The van der Waals surface area contributed by atoms with E-state index in [2.05, 4.69) is 16.1 Å². The summed E-state index contributed by atoms with van der Waals surface area (Å²) in [6.45, 7) is 3.46. The van der Waals surface area contributed by atoms with Gasteiger partial charge in [0, 0.05) is 22.6 Å². The predicted molar refractivity (Wildman–Crippen MR) is 113 cm³/mol. The third-order valence-corrected chi connectivity index (χ3v) is 4.26. The summed E-state index contributed by atoms with van der Waals surface area (Å²) in [5.41, 5.74) is 5.67. The summed E-state index contributed by atoms with van der Waals surface area (Å²) < 4.78 is 7.07. The fraction of sp³-hybridized carbons (Fsp3) is 0.136. The van der Waals surface area contributed by atoms with Gasteiger partial charge in [-0.3, -0.25) is 25.0 Å². The molecule has 3 aromatic rings. The molecule has 0 aliphatic rings. The van der Waals surface area contributed by atoms with Gasteiger partial charge < -0.3 is 10.1 Å². The van der Waals surface area contributed by atoms with Crippen LogP contribution >= 0.6 is 0 Å². The highest BCUT2D eigenvalue weighted by atomic mass is 16.5. The van der Waals surface area contributed by atoms with Gasteiger partial charge in [-0.05, 0) is 62.4 Å². The number of nitrogens with zero attached hydrogens (tertiary/aromatic N) is 1. The Morgan fingerprint density at radius 1 is 0.867 bits per heavy atom. The Hall–Kier alpha value is -4.07. The molecule has 0 saturated carbocycles. The largest absolute Gasteiger partial charge is 0.484 e. The van der Waals surface area contributed by atoms with Gasteiger partial charge in [0.1, 0.15) is 5.75 Å². The summed E-state index contributed by atoms with van der Waals surface area (Å²) in [5, 5.41) is 4.73. The molecule has 0 unspecified atom stereocenters. The van der Waals surface area contributed by atoms with Gasteiger partial charge in [0.15, 0.2) is 6.61 Å². The van der Waals surface area contributed by atoms with Gasteiger partial charge in [-0.15, -0.1) is 0 Å². The van der Waals surface area contributed by atoms with Crippen molar-refractivity contribution < 1.29 is 19.1 Å². The van der Waals surface area contributed by atoms with Crippen LogP contribution in [0.4, 0.5) is 10.5 Å². The van der Waals surface area contributed by atoms with E-state index in [0.29, 0.717) is 17.0 Å². The number of carbonyl (C=O) groups is 3. The average molecular weight is 406 g/mol. The molecule has 0 radical (unpaired) electrons. The van der Waals surface area contributed by atoms with Crippen molar-refractivity contribution in [2.24, 2.45) is 0 Å². The van der Waals surface area contributed by atoms with E-state index in [1.807, 2.05) is 32.0 Å². The first-order valence-electron chi connectivity index (χ1n) is 9.27. The van der Waals surface area contributed by atoms with E-state index in [-0.39, 0.29) is 12.5 Å². The molecule has 0 aliphatic carbocycles. The van der Waals surface area contributed by atoms with Crippen molar-refractivity contribution >= 4 is 23.5 Å². The summed E-state index contributed by atoms with van der Waals surface area (Å²) in [6, 6.07) is 18.3. The summed E-state index contributed by atoms with van der Waals surface area (Å²) in [6.07, 6.45) is 0. The van der Waals surface area contributed by atoms with E-state index < -0.39 is 11.9 Å². The van der Waals surface area contributed by atoms with Crippen LogP contribution in [0.2, 0.25) is 0 Å². The molecule has 0 saturated heterocycles. The second-order valence-corrected chi connectivity index (χ2v) is 6.57. The van der Waals surface area contributed by atoms with E-state index in [0.717, 1.165) is 11.4 Å². The first-order valence-corrected chi connectivity index (χ1v) is 9.27. The molecule has 8 heteroatoms. The molecule has 0 fully saturated rings. The fourth-order valence-electron chi connectivity index (χ4n) is 2.71. The van der Waals surface area contributed by atoms with Gasteiger partial charge in [-0.25, -0.2) is 4.79 Å². The number of hydrogen-bond donors (Lipinski definition) is 3. The highest BCUT2D eigenvalue weighted by Crippen LogP contribution is 2.13. The van der Waals surface area contributed by atoms with Crippen molar-refractivity contribution in [3.63, 3.8) is 0 Å². The third-order valence-electron chi connectivity index (χ3n) is 4.26. The van der Waals surface area contributed by atoms with Gasteiger partial charge >= 0.3 is 6.03 Å². The Bertz CT molecular complexity index is 1020. The Morgan fingerprint density at radius 2 is 1.50 bits per heavy atom. The van der Waals surface area contributed by atoms with Gasteiger partial charge in [0.05, 0.1) is 0 Å². The molecule has 0 atom stereocenters. The van der Waals surface area contributed by atoms with Crippen LogP contribution in [-0.4, -0.2) is 29.1 Å². The average Bonchev–Trinajstić information content (AvgIpc) is 3.05. The van der Waals surface area contributed by atoms with Crippen LogP contribution in [0.5, 0.6) is 5.75 Å². The Kier molecular flexibility index (Phi) is 6.49. The lowest BCUT2D eigenvalue weighted by atomic mass is 10.2. The number of hydrogen-bond acceptors (Lipinski definition) is 4. The molecule has 30 heavy (non-hydrogen) atoms. The smallest absolute Gasteiger partial charge is 0.325 e. The van der Waals surface area contributed by atoms with E-state index >= 15 is 0 Å². The number of benzene rings is 2. The number of anilines is 1. The number of nitrogens with one attached hydrogen (secondary N) is 3. The topological polar surface area (TPSA) is 101 Å². The van der Waals surface area contributed by atoms with E-state index in [1.54, 1.807) is 53.2 Å². The zero-order valence-electron chi connectivity index (χ0n) is 16.6. The number of urea groups is 1.